The fraction of sp³-hybridized carbons (Fsp3) is 0. The van der Waals surface area contributed by atoms with Gasteiger partial charge in [0.1, 0.15) is 22.3 Å². The van der Waals surface area contributed by atoms with Gasteiger partial charge in [-0.2, -0.15) is 0 Å². The second-order valence-electron chi connectivity index (χ2n) is 21.6. The zero-order chi connectivity index (χ0) is 53.8. The molecule has 4 heteroatoms. The number of fused-ring (bicyclic) bond motifs is 12. The molecule has 0 aliphatic rings. The summed E-state index contributed by atoms with van der Waals surface area (Å²) in [6, 6.07) is 106. The number of para-hydroxylation sites is 2. The van der Waals surface area contributed by atoms with Crippen LogP contribution in [0.2, 0.25) is 0 Å². The van der Waals surface area contributed by atoms with Gasteiger partial charge in [-0.05, 0) is 184 Å². The van der Waals surface area contributed by atoms with Crippen LogP contribution >= 0.6 is 0 Å². The normalized spacial score (nSPS) is 11.9. The Labute approximate surface area is 472 Å². The monoisotopic (exact) mass is 1040 g/mol. The Hall–Kier alpha value is -10.9. The van der Waals surface area contributed by atoms with Gasteiger partial charge in [0.2, 0.25) is 0 Å². The van der Waals surface area contributed by atoms with Gasteiger partial charge < -0.3 is 18.6 Å². The second kappa shape index (κ2) is 18.3. The highest BCUT2D eigenvalue weighted by Crippen LogP contribution is 2.50. The van der Waals surface area contributed by atoms with E-state index in [1.54, 1.807) is 0 Å². The van der Waals surface area contributed by atoms with Crippen LogP contribution in [-0.2, 0) is 0 Å². The van der Waals surface area contributed by atoms with Gasteiger partial charge in [0.05, 0.1) is 0 Å². The minimum atomic E-state index is 0.845. The van der Waals surface area contributed by atoms with Crippen molar-refractivity contribution in [1.82, 2.24) is 0 Å². The molecule has 0 spiro atoms. The molecule has 0 saturated carbocycles. The van der Waals surface area contributed by atoms with Crippen molar-refractivity contribution >= 4 is 143 Å². The van der Waals surface area contributed by atoms with Gasteiger partial charge in [-0.3, -0.25) is 0 Å². The predicted molar refractivity (Wildman–Crippen MR) is 346 cm³/mol. The average molecular weight is 1050 g/mol. The fourth-order valence-corrected chi connectivity index (χ4v) is 13.0. The largest absolute Gasteiger partial charge is 0.456 e. The number of anilines is 6. The third kappa shape index (κ3) is 7.46. The summed E-state index contributed by atoms with van der Waals surface area (Å²) in [7, 11) is 0. The van der Waals surface area contributed by atoms with Crippen LogP contribution in [-0.4, -0.2) is 0 Å². The van der Waals surface area contributed by atoms with Crippen molar-refractivity contribution in [2.45, 2.75) is 0 Å². The molecule has 0 aliphatic heterocycles. The van der Waals surface area contributed by atoms with Crippen LogP contribution in [0, 0.1) is 0 Å². The van der Waals surface area contributed by atoms with Crippen LogP contribution in [0.3, 0.4) is 0 Å². The molecule has 2 aromatic heterocycles. The van der Waals surface area contributed by atoms with E-state index in [-0.39, 0.29) is 0 Å². The van der Waals surface area contributed by atoms with E-state index in [0.717, 1.165) is 111 Å². The molecule has 17 rings (SSSR count). The molecule has 0 radical (unpaired) electrons. The van der Waals surface area contributed by atoms with E-state index in [2.05, 4.69) is 289 Å². The van der Waals surface area contributed by atoms with Crippen molar-refractivity contribution in [3.05, 3.63) is 291 Å². The average Bonchev–Trinajstić information content (AvgIpc) is 4.23. The Morgan fingerprint density at radius 2 is 0.476 bits per heavy atom. The highest BCUT2D eigenvalue weighted by molar-refractivity contribution is 6.24. The standard InChI is InChI=1S/C78H48N2O2/c1-5-17-53-41-57(27-25-49(53)13-1)77-69-39-35-62(80(60-32-30-52-16-4-8-20-56(52)44-60)64-34-38-68-66-22-10-12-24-74(66)82-76(68)48-64)46-72(69)78(58-28-26-50-14-2-6-18-54(50)42-58)70-40-36-61(45-71(70)77)79(59-31-29-51-15-3-7-19-55(51)43-59)63-33-37-67-65-21-9-11-23-73(65)81-75(67)47-63/h1-48H. The molecule has 0 unspecified atom stereocenters. The van der Waals surface area contributed by atoms with Crippen LogP contribution in [0.15, 0.2) is 300 Å². The first-order valence-corrected chi connectivity index (χ1v) is 28.0. The Bertz CT molecular complexity index is 5120. The number of benzene rings is 15. The first kappa shape index (κ1) is 46.0. The maximum absolute atomic E-state index is 6.61. The molecule has 82 heavy (non-hydrogen) atoms. The number of hydrogen-bond donors (Lipinski definition) is 0. The number of nitrogens with zero attached hydrogens (tertiary/aromatic N) is 2. The molecule has 17 aromatic rings. The Kier molecular flexibility index (Phi) is 10.3. The predicted octanol–water partition coefficient (Wildman–Crippen LogP) is 22.7. The Morgan fingerprint density at radius 1 is 0.183 bits per heavy atom. The summed E-state index contributed by atoms with van der Waals surface area (Å²) in [6.45, 7) is 0. The molecule has 0 bridgehead atoms. The van der Waals surface area contributed by atoms with E-state index in [1.165, 1.54) is 54.2 Å². The third-order valence-corrected chi connectivity index (χ3v) is 16.9. The van der Waals surface area contributed by atoms with E-state index in [4.69, 9.17) is 8.83 Å². The summed E-state index contributed by atoms with van der Waals surface area (Å²) < 4.78 is 13.2. The molecule has 0 atom stereocenters. The number of hydrogen-bond acceptors (Lipinski definition) is 4. The van der Waals surface area contributed by atoms with Gasteiger partial charge in [-0.25, -0.2) is 0 Å². The SMILES string of the molecule is c1ccc2cc(-c3c4ccc(N(c5ccc6ccccc6c5)c5ccc6c(c5)oc5ccccc56)cc4c(-c4ccc5ccccc5c4)c4ccc(N(c5ccc6ccccc6c5)c5ccc6c(c5)oc5ccccc56)cc34)ccc2c1. The van der Waals surface area contributed by atoms with E-state index in [0.29, 0.717) is 0 Å². The summed E-state index contributed by atoms with van der Waals surface area (Å²) in [5.41, 5.74) is 14.2. The highest BCUT2D eigenvalue weighted by Gasteiger charge is 2.24. The molecule has 0 saturated heterocycles. The van der Waals surface area contributed by atoms with E-state index in [1.807, 2.05) is 12.1 Å². The fourth-order valence-electron chi connectivity index (χ4n) is 13.0. The van der Waals surface area contributed by atoms with Crippen molar-refractivity contribution in [3.63, 3.8) is 0 Å². The molecule has 382 valence electrons. The third-order valence-electron chi connectivity index (χ3n) is 16.9. The van der Waals surface area contributed by atoms with Crippen LogP contribution in [0.1, 0.15) is 0 Å². The summed E-state index contributed by atoms with van der Waals surface area (Å²) in [6.07, 6.45) is 0. The molecule has 0 fully saturated rings. The zero-order valence-corrected chi connectivity index (χ0v) is 44.4. The molecule has 0 aliphatic carbocycles. The summed E-state index contributed by atoms with van der Waals surface area (Å²) >= 11 is 0. The van der Waals surface area contributed by atoms with Gasteiger partial charge in [0, 0.05) is 67.8 Å². The van der Waals surface area contributed by atoms with Crippen LogP contribution in [0.5, 0.6) is 0 Å². The minimum absolute atomic E-state index is 0.845. The van der Waals surface area contributed by atoms with Gasteiger partial charge in [0.15, 0.2) is 0 Å². The van der Waals surface area contributed by atoms with Crippen molar-refractivity contribution < 1.29 is 8.83 Å². The summed E-state index contributed by atoms with van der Waals surface area (Å²) in [5, 5.41) is 18.5. The summed E-state index contributed by atoms with van der Waals surface area (Å²) in [4.78, 5) is 4.79. The lowest BCUT2D eigenvalue weighted by Crippen LogP contribution is -2.10. The molecular weight excluding hydrogens is 997 g/mol. The molecule has 0 N–H and O–H groups in total. The molecule has 15 aromatic carbocycles. The maximum atomic E-state index is 6.61. The Balaban J connectivity index is 0.963. The topological polar surface area (TPSA) is 32.8 Å². The highest BCUT2D eigenvalue weighted by atomic mass is 16.3. The van der Waals surface area contributed by atoms with Crippen molar-refractivity contribution in [2.24, 2.45) is 0 Å². The van der Waals surface area contributed by atoms with E-state index >= 15 is 0 Å². The van der Waals surface area contributed by atoms with Gasteiger partial charge in [-0.1, -0.05) is 182 Å². The smallest absolute Gasteiger partial charge is 0.137 e. The zero-order valence-electron chi connectivity index (χ0n) is 44.4. The first-order valence-electron chi connectivity index (χ1n) is 28.0. The van der Waals surface area contributed by atoms with Crippen LogP contribution < -0.4 is 9.80 Å². The van der Waals surface area contributed by atoms with Gasteiger partial charge in [0.25, 0.3) is 0 Å². The van der Waals surface area contributed by atoms with Crippen LogP contribution in [0.25, 0.3) is 131 Å². The maximum Gasteiger partial charge on any atom is 0.137 e. The van der Waals surface area contributed by atoms with Crippen LogP contribution in [0.4, 0.5) is 34.1 Å². The lowest BCUT2D eigenvalue weighted by molar-refractivity contribution is 0.668. The minimum Gasteiger partial charge on any atom is -0.456 e. The first-order chi connectivity index (χ1) is 40.6. The van der Waals surface area contributed by atoms with Crippen molar-refractivity contribution in [3.8, 4) is 22.3 Å². The number of rotatable bonds is 8. The van der Waals surface area contributed by atoms with E-state index < -0.39 is 0 Å². The van der Waals surface area contributed by atoms with Crippen molar-refractivity contribution in [1.29, 1.82) is 0 Å². The molecule has 0 amide bonds. The van der Waals surface area contributed by atoms with E-state index in [9.17, 15) is 0 Å². The lowest BCUT2D eigenvalue weighted by Gasteiger charge is -2.28. The molecular formula is C78H48N2O2. The van der Waals surface area contributed by atoms with Gasteiger partial charge >= 0.3 is 0 Å². The molecule has 2 heterocycles. The number of furan rings is 2. The lowest BCUT2D eigenvalue weighted by atomic mass is 9.84. The van der Waals surface area contributed by atoms with Gasteiger partial charge in [-0.15, -0.1) is 0 Å². The van der Waals surface area contributed by atoms with Crippen molar-refractivity contribution in [2.75, 3.05) is 9.80 Å². The molecule has 4 nitrogen and oxygen atoms in total. The second-order valence-corrected chi connectivity index (χ2v) is 21.6. The quantitative estimate of drug-likeness (QED) is 0.142. The summed E-state index contributed by atoms with van der Waals surface area (Å²) in [5.74, 6) is 0. The Morgan fingerprint density at radius 3 is 0.890 bits per heavy atom.